The number of benzene rings is 4. The molecular formula is C28H24. The Balaban J connectivity index is 1.54. The van der Waals surface area contributed by atoms with Crippen molar-refractivity contribution in [2.75, 3.05) is 0 Å². The Hall–Kier alpha value is -3.12. The summed E-state index contributed by atoms with van der Waals surface area (Å²) in [7, 11) is 0. The molecule has 28 heavy (non-hydrogen) atoms. The SMILES string of the molecule is Cc1ccccc1-c1cc(Cc2cccc3c2Cc2ccccc2-3)ccc1C. The Morgan fingerprint density at radius 3 is 2.18 bits per heavy atom. The summed E-state index contributed by atoms with van der Waals surface area (Å²) in [6, 6.07) is 31.2. The number of aryl methyl sites for hydroxylation is 2. The second kappa shape index (κ2) is 6.80. The van der Waals surface area contributed by atoms with Gasteiger partial charge in [0.25, 0.3) is 0 Å². The third kappa shape index (κ3) is 2.86. The van der Waals surface area contributed by atoms with Crippen LogP contribution in [0.2, 0.25) is 0 Å². The minimum absolute atomic E-state index is 0.982. The van der Waals surface area contributed by atoms with E-state index in [2.05, 4.69) is 98.8 Å². The smallest absolute Gasteiger partial charge is 0.00106 e. The van der Waals surface area contributed by atoms with Crippen molar-refractivity contribution < 1.29 is 0 Å². The van der Waals surface area contributed by atoms with Crippen LogP contribution in [0.5, 0.6) is 0 Å². The van der Waals surface area contributed by atoms with E-state index in [4.69, 9.17) is 0 Å². The van der Waals surface area contributed by atoms with E-state index in [0.717, 1.165) is 12.8 Å². The van der Waals surface area contributed by atoms with Gasteiger partial charge >= 0.3 is 0 Å². The molecule has 0 aliphatic heterocycles. The summed E-state index contributed by atoms with van der Waals surface area (Å²) in [6.07, 6.45) is 2.04. The van der Waals surface area contributed by atoms with Crippen LogP contribution in [-0.2, 0) is 12.8 Å². The number of fused-ring (bicyclic) bond motifs is 3. The lowest BCUT2D eigenvalue weighted by molar-refractivity contribution is 1.12. The van der Waals surface area contributed by atoms with E-state index in [-0.39, 0.29) is 0 Å². The van der Waals surface area contributed by atoms with Gasteiger partial charge in [-0.25, -0.2) is 0 Å². The van der Waals surface area contributed by atoms with E-state index < -0.39 is 0 Å². The van der Waals surface area contributed by atoms with Crippen LogP contribution in [0, 0.1) is 13.8 Å². The molecule has 0 fully saturated rings. The van der Waals surface area contributed by atoms with Gasteiger partial charge in [-0.15, -0.1) is 0 Å². The average Bonchev–Trinajstić information content (AvgIpc) is 3.10. The molecule has 0 nitrogen and oxygen atoms in total. The summed E-state index contributed by atoms with van der Waals surface area (Å²) in [4.78, 5) is 0. The van der Waals surface area contributed by atoms with Gasteiger partial charge < -0.3 is 0 Å². The Morgan fingerprint density at radius 1 is 0.607 bits per heavy atom. The summed E-state index contributed by atoms with van der Waals surface area (Å²) in [6.45, 7) is 4.41. The molecule has 136 valence electrons. The van der Waals surface area contributed by atoms with Crippen LogP contribution in [-0.4, -0.2) is 0 Å². The molecule has 0 heteroatoms. The van der Waals surface area contributed by atoms with E-state index in [1.54, 1.807) is 0 Å². The first-order valence-electron chi connectivity index (χ1n) is 10.1. The zero-order valence-electron chi connectivity index (χ0n) is 16.5. The summed E-state index contributed by atoms with van der Waals surface area (Å²) in [5.41, 5.74) is 14.0. The fraction of sp³-hybridized carbons (Fsp3) is 0.143. The third-order valence-corrected chi connectivity index (χ3v) is 6.08. The van der Waals surface area contributed by atoms with E-state index >= 15 is 0 Å². The molecule has 0 heterocycles. The van der Waals surface area contributed by atoms with Crippen LogP contribution in [0.3, 0.4) is 0 Å². The maximum absolute atomic E-state index is 2.39. The van der Waals surface area contributed by atoms with Gasteiger partial charge in [0.2, 0.25) is 0 Å². The van der Waals surface area contributed by atoms with Crippen molar-refractivity contribution >= 4 is 0 Å². The van der Waals surface area contributed by atoms with E-state index in [1.807, 2.05) is 0 Å². The van der Waals surface area contributed by atoms with Crippen molar-refractivity contribution in [3.05, 3.63) is 118 Å². The molecule has 0 saturated heterocycles. The Labute approximate surface area is 167 Å². The summed E-state index contributed by atoms with van der Waals surface area (Å²) in [5, 5.41) is 0. The molecule has 4 aromatic rings. The molecule has 1 aliphatic carbocycles. The molecule has 0 radical (unpaired) electrons. The Bertz CT molecular complexity index is 1180. The lowest BCUT2D eigenvalue weighted by atomic mass is 9.91. The normalized spacial score (nSPS) is 11.9. The molecular weight excluding hydrogens is 336 g/mol. The highest BCUT2D eigenvalue weighted by Gasteiger charge is 2.20. The van der Waals surface area contributed by atoms with Crippen LogP contribution in [0.4, 0.5) is 0 Å². The zero-order valence-corrected chi connectivity index (χ0v) is 16.5. The molecule has 4 aromatic carbocycles. The predicted octanol–water partition coefficient (Wildman–Crippen LogP) is 7.13. The van der Waals surface area contributed by atoms with Crippen LogP contribution in [0.25, 0.3) is 22.3 Å². The van der Waals surface area contributed by atoms with Crippen LogP contribution in [0.1, 0.15) is 33.4 Å². The first-order valence-corrected chi connectivity index (χ1v) is 10.1. The highest BCUT2D eigenvalue weighted by molar-refractivity contribution is 5.78. The van der Waals surface area contributed by atoms with Gasteiger partial charge in [0.1, 0.15) is 0 Å². The number of rotatable bonds is 3. The average molecular weight is 361 g/mol. The number of hydrogen-bond donors (Lipinski definition) is 0. The summed E-state index contributed by atoms with van der Waals surface area (Å²) < 4.78 is 0. The van der Waals surface area contributed by atoms with Crippen LogP contribution >= 0.6 is 0 Å². The first kappa shape index (κ1) is 17.0. The molecule has 0 aromatic heterocycles. The van der Waals surface area contributed by atoms with Gasteiger partial charge in [0.15, 0.2) is 0 Å². The highest BCUT2D eigenvalue weighted by Crippen LogP contribution is 2.39. The maximum atomic E-state index is 2.39. The van der Waals surface area contributed by atoms with Gasteiger partial charge in [-0.3, -0.25) is 0 Å². The van der Waals surface area contributed by atoms with E-state index in [1.165, 1.54) is 55.6 Å². The van der Waals surface area contributed by atoms with Crippen molar-refractivity contribution in [2.24, 2.45) is 0 Å². The highest BCUT2D eigenvalue weighted by atomic mass is 14.2. The zero-order chi connectivity index (χ0) is 19.1. The summed E-state index contributed by atoms with van der Waals surface area (Å²) in [5.74, 6) is 0. The minimum atomic E-state index is 0.982. The van der Waals surface area contributed by atoms with E-state index in [0.29, 0.717) is 0 Å². The quantitative estimate of drug-likeness (QED) is 0.321. The largest absolute Gasteiger partial charge is 0.0620 e. The lowest BCUT2D eigenvalue weighted by Gasteiger charge is -2.13. The molecule has 0 bridgehead atoms. The van der Waals surface area contributed by atoms with Crippen molar-refractivity contribution in [1.29, 1.82) is 0 Å². The molecule has 0 atom stereocenters. The second-order valence-electron chi connectivity index (χ2n) is 7.92. The second-order valence-corrected chi connectivity index (χ2v) is 7.92. The fourth-order valence-electron chi connectivity index (χ4n) is 4.55. The standard InChI is InChI=1S/C28H24/c1-19-8-3-5-11-24(19)27-17-21(15-14-20(27)2)16-22-10-7-13-26-25-12-6-4-9-23(25)18-28(22)26/h3-15,17H,16,18H2,1-2H3. The molecule has 0 spiro atoms. The minimum Gasteiger partial charge on any atom is -0.0620 e. The topological polar surface area (TPSA) is 0 Å². The molecule has 0 N–H and O–H groups in total. The monoisotopic (exact) mass is 360 g/mol. The molecule has 0 unspecified atom stereocenters. The van der Waals surface area contributed by atoms with Crippen molar-refractivity contribution in [2.45, 2.75) is 26.7 Å². The predicted molar refractivity (Wildman–Crippen MR) is 119 cm³/mol. The summed E-state index contributed by atoms with van der Waals surface area (Å²) >= 11 is 0. The number of hydrogen-bond acceptors (Lipinski definition) is 0. The van der Waals surface area contributed by atoms with Gasteiger partial charge in [-0.2, -0.15) is 0 Å². The van der Waals surface area contributed by atoms with E-state index in [9.17, 15) is 0 Å². The lowest BCUT2D eigenvalue weighted by Crippen LogP contribution is -1.96. The van der Waals surface area contributed by atoms with Crippen molar-refractivity contribution in [1.82, 2.24) is 0 Å². The van der Waals surface area contributed by atoms with Gasteiger partial charge in [0, 0.05) is 0 Å². The van der Waals surface area contributed by atoms with Crippen molar-refractivity contribution in [3.8, 4) is 22.3 Å². The molecule has 1 aliphatic rings. The van der Waals surface area contributed by atoms with Crippen molar-refractivity contribution in [3.63, 3.8) is 0 Å². The van der Waals surface area contributed by atoms with Gasteiger partial charge in [0.05, 0.1) is 0 Å². The van der Waals surface area contributed by atoms with Crippen LogP contribution in [0.15, 0.2) is 84.9 Å². The first-order chi connectivity index (χ1) is 13.7. The Morgan fingerprint density at radius 2 is 1.32 bits per heavy atom. The third-order valence-electron chi connectivity index (χ3n) is 6.08. The van der Waals surface area contributed by atoms with Crippen LogP contribution < -0.4 is 0 Å². The van der Waals surface area contributed by atoms with Gasteiger partial charge in [-0.1, -0.05) is 84.9 Å². The van der Waals surface area contributed by atoms with Gasteiger partial charge in [-0.05, 0) is 82.3 Å². The fourth-order valence-corrected chi connectivity index (χ4v) is 4.55. The Kier molecular flexibility index (Phi) is 4.13. The molecule has 0 amide bonds. The molecule has 5 rings (SSSR count). The maximum Gasteiger partial charge on any atom is -0.00106 e. The molecule has 0 saturated carbocycles.